The molecule has 202 valence electrons. The summed E-state index contributed by atoms with van der Waals surface area (Å²) in [6, 6.07) is -4.62. The van der Waals surface area contributed by atoms with E-state index < -0.39 is 66.2 Å². The SMILES string of the molecule is CC(C)C(NC(=O)C(CCCCN)NC(=O)C(CCC(=O)O)NC(=O)C(N)Cc1cnc[nH]1)C(=O)O. The second kappa shape index (κ2) is 15.5. The van der Waals surface area contributed by atoms with Gasteiger partial charge in [-0.15, -0.1) is 0 Å². The highest BCUT2D eigenvalue weighted by Crippen LogP contribution is 2.08. The molecule has 1 rings (SSSR count). The third kappa shape index (κ3) is 10.8. The summed E-state index contributed by atoms with van der Waals surface area (Å²) in [6.45, 7) is 3.62. The van der Waals surface area contributed by atoms with Gasteiger partial charge < -0.3 is 42.6 Å². The zero-order valence-electron chi connectivity index (χ0n) is 20.5. The molecule has 0 aliphatic heterocycles. The van der Waals surface area contributed by atoms with E-state index in [1.165, 1.54) is 12.5 Å². The van der Waals surface area contributed by atoms with Crippen LogP contribution in [-0.4, -0.2) is 80.6 Å². The molecule has 1 heterocycles. The maximum absolute atomic E-state index is 13.0. The Hall–Kier alpha value is -3.52. The van der Waals surface area contributed by atoms with E-state index in [0.29, 0.717) is 25.1 Å². The van der Waals surface area contributed by atoms with Crippen molar-refractivity contribution in [2.24, 2.45) is 17.4 Å². The minimum Gasteiger partial charge on any atom is -0.481 e. The molecule has 0 saturated heterocycles. The van der Waals surface area contributed by atoms with E-state index in [1.807, 2.05) is 0 Å². The number of carboxylic acid groups (broad SMARTS) is 2. The molecular formula is C22H37N7O7. The van der Waals surface area contributed by atoms with Crippen molar-refractivity contribution in [1.82, 2.24) is 25.9 Å². The second-order valence-electron chi connectivity index (χ2n) is 8.80. The molecule has 0 fully saturated rings. The quantitative estimate of drug-likeness (QED) is 0.112. The number of aliphatic carboxylic acids is 2. The summed E-state index contributed by atoms with van der Waals surface area (Å²) in [5, 5.41) is 25.9. The summed E-state index contributed by atoms with van der Waals surface area (Å²) in [7, 11) is 0. The number of carbonyl (C=O) groups is 5. The number of nitrogens with one attached hydrogen (secondary N) is 4. The maximum Gasteiger partial charge on any atom is 0.326 e. The molecule has 3 amide bonds. The Morgan fingerprint density at radius 1 is 0.972 bits per heavy atom. The molecule has 0 spiro atoms. The van der Waals surface area contributed by atoms with Crippen molar-refractivity contribution in [3.8, 4) is 0 Å². The number of rotatable bonds is 17. The lowest BCUT2D eigenvalue weighted by atomic mass is 10.0. The monoisotopic (exact) mass is 511 g/mol. The van der Waals surface area contributed by atoms with E-state index in [1.54, 1.807) is 13.8 Å². The van der Waals surface area contributed by atoms with E-state index in [2.05, 4.69) is 25.9 Å². The maximum atomic E-state index is 13.0. The van der Waals surface area contributed by atoms with Crippen LogP contribution in [0.25, 0.3) is 0 Å². The lowest BCUT2D eigenvalue weighted by Crippen LogP contribution is -2.57. The zero-order valence-corrected chi connectivity index (χ0v) is 20.5. The molecule has 0 radical (unpaired) electrons. The molecule has 14 heteroatoms. The fourth-order valence-corrected chi connectivity index (χ4v) is 3.34. The molecule has 0 saturated carbocycles. The summed E-state index contributed by atoms with van der Waals surface area (Å²) in [6.07, 6.45) is 3.55. The molecule has 1 aromatic rings. The molecule has 0 aromatic carbocycles. The number of aromatic amines is 1. The van der Waals surface area contributed by atoms with Crippen LogP contribution < -0.4 is 27.4 Å². The number of unbranched alkanes of at least 4 members (excludes halogenated alkanes) is 1. The van der Waals surface area contributed by atoms with Crippen molar-refractivity contribution < 1.29 is 34.2 Å². The topological polar surface area (TPSA) is 243 Å². The van der Waals surface area contributed by atoms with Gasteiger partial charge in [0.2, 0.25) is 17.7 Å². The first kappa shape index (κ1) is 30.5. The highest BCUT2D eigenvalue weighted by molar-refractivity contribution is 5.94. The average Bonchev–Trinajstić information content (AvgIpc) is 3.31. The zero-order chi connectivity index (χ0) is 27.3. The Kier molecular flexibility index (Phi) is 13.1. The number of hydrogen-bond acceptors (Lipinski definition) is 8. The van der Waals surface area contributed by atoms with Crippen LogP contribution in [0.15, 0.2) is 12.5 Å². The molecule has 0 bridgehead atoms. The number of amides is 3. The number of aromatic nitrogens is 2. The minimum absolute atomic E-state index is 0.106. The summed E-state index contributed by atoms with van der Waals surface area (Å²) in [4.78, 5) is 67.7. The molecule has 0 aliphatic rings. The molecule has 0 aliphatic carbocycles. The fraction of sp³-hybridized carbons (Fsp3) is 0.636. The van der Waals surface area contributed by atoms with Gasteiger partial charge in [0.15, 0.2) is 0 Å². The van der Waals surface area contributed by atoms with Crippen molar-refractivity contribution in [2.45, 2.75) is 76.5 Å². The van der Waals surface area contributed by atoms with Crippen LogP contribution >= 0.6 is 0 Å². The first-order valence-electron chi connectivity index (χ1n) is 11.7. The lowest BCUT2D eigenvalue weighted by molar-refractivity contribution is -0.143. The van der Waals surface area contributed by atoms with Crippen molar-refractivity contribution in [3.63, 3.8) is 0 Å². The molecule has 14 nitrogen and oxygen atoms in total. The van der Waals surface area contributed by atoms with Gasteiger partial charge in [-0.25, -0.2) is 9.78 Å². The number of hydrogen-bond donors (Lipinski definition) is 8. The Labute approximate surface area is 209 Å². The lowest BCUT2D eigenvalue weighted by Gasteiger charge is -2.26. The van der Waals surface area contributed by atoms with Gasteiger partial charge in [0.1, 0.15) is 18.1 Å². The molecule has 1 aromatic heterocycles. The normalized spacial score (nSPS) is 14.4. The molecule has 4 unspecified atom stereocenters. The third-order valence-corrected chi connectivity index (χ3v) is 5.42. The predicted octanol–water partition coefficient (Wildman–Crippen LogP) is -1.53. The summed E-state index contributed by atoms with van der Waals surface area (Å²) in [5.74, 6) is -5.00. The molecular weight excluding hydrogens is 474 g/mol. The second-order valence-corrected chi connectivity index (χ2v) is 8.80. The molecule has 10 N–H and O–H groups in total. The molecule has 36 heavy (non-hydrogen) atoms. The number of imidazole rings is 1. The van der Waals surface area contributed by atoms with Gasteiger partial charge in [0.25, 0.3) is 0 Å². The summed E-state index contributed by atoms with van der Waals surface area (Å²) < 4.78 is 0. The van der Waals surface area contributed by atoms with Gasteiger partial charge in [0, 0.05) is 24.7 Å². The standard InChI is InChI=1S/C22H37N7O7/c1-12(2)18(22(35)36)29-21(34)15(5-3-4-8-23)28-20(33)16(6-7-17(30)31)27-19(32)14(24)9-13-10-25-11-26-13/h10-12,14-16,18H,3-9,23-24H2,1-2H3,(H,25,26)(H,27,32)(H,28,33)(H,29,34)(H,30,31)(H,35,36). The van der Waals surface area contributed by atoms with Gasteiger partial charge in [-0.05, 0) is 38.1 Å². The Balaban J connectivity index is 2.98. The minimum atomic E-state index is -1.29. The number of nitrogens with zero attached hydrogens (tertiary/aromatic N) is 1. The highest BCUT2D eigenvalue weighted by atomic mass is 16.4. The van der Waals surface area contributed by atoms with Crippen LogP contribution in [0.1, 0.15) is 51.6 Å². The van der Waals surface area contributed by atoms with Gasteiger partial charge in [-0.2, -0.15) is 0 Å². The molecule has 4 atom stereocenters. The first-order valence-corrected chi connectivity index (χ1v) is 11.7. The summed E-state index contributed by atoms with van der Waals surface area (Å²) in [5.41, 5.74) is 12.0. The smallest absolute Gasteiger partial charge is 0.326 e. The van der Waals surface area contributed by atoms with Gasteiger partial charge in [-0.3, -0.25) is 19.2 Å². The third-order valence-electron chi connectivity index (χ3n) is 5.42. The van der Waals surface area contributed by atoms with E-state index in [-0.39, 0.29) is 19.3 Å². The van der Waals surface area contributed by atoms with Gasteiger partial charge >= 0.3 is 11.9 Å². The van der Waals surface area contributed by atoms with Gasteiger partial charge in [-0.1, -0.05) is 13.8 Å². The van der Waals surface area contributed by atoms with E-state index in [0.717, 1.165) is 0 Å². The van der Waals surface area contributed by atoms with Crippen molar-refractivity contribution in [1.29, 1.82) is 0 Å². The van der Waals surface area contributed by atoms with Crippen molar-refractivity contribution >= 4 is 29.7 Å². The van der Waals surface area contributed by atoms with E-state index in [9.17, 15) is 29.1 Å². The predicted molar refractivity (Wildman–Crippen MR) is 128 cm³/mol. The van der Waals surface area contributed by atoms with Crippen LogP contribution in [0.3, 0.4) is 0 Å². The van der Waals surface area contributed by atoms with Crippen molar-refractivity contribution in [2.75, 3.05) is 6.54 Å². The Morgan fingerprint density at radius 3 is 2.11 bits per heavy atom. The largest absolute Gasteiger partial charge is 0.481 e. The Bertz CT molecular complexity index is 876. The number of carboxylic acids is 2. The van der Waals surface area contributed by atoms with Crippen LogP contribution in [0, 0.1) is 5.92 Å². The van der Waals surface area contributed by atoms with Crippen LogP contribution in [0.2, 0.25) is 0 Å². The number of H-pyrrole nitrogens is 1. The Morgan fingerprint density at radius 2 is 1.58 bits per heavy atom. The number of nitrogens with two attached hydrogens (primary N) is 2. The van der Waals surface area contributed by atoms with Crippen molar-refractivity contribution in [3.05, 3.63) is 18.2 Å². The van der Waals surface area contributed by atoms with Gasteiger partial charge in [0.05, 0.1) is 12.4 Å². The van der Waals surface area contributed by atoms with E-state index >= 15 is 0 Å². The van der Waals surface area contributed by atoms with Crippen LogP contribution in [-0.2, 0) is 30.4 Å². The number of carbonyl (C=O) groups excluding carboxylic acids is 3. The van der Waals surface area contributed by atoms with E-state index in [4.69, 9.17) is 16.6 Å². The van der Waals surface area contributed by atoms with Crippen LogP contribution in [0.5, 0.6) is 0 Å². The fourth-order valence-electron chi connectivity index (χ4n) is 3.34. The summed E-state index contributed by atoms with van der Waals surface area (Å²) >= 11 is 0. The first-order chi connectivity index (χ1) is 17.0. The highest BCUT2D eigenvalue weighted by Gasteiger charge is 2.31. The average molecular weight is 512 g/mol. The van der Waals surface area contributed by atoms with Crippen LogP contribution in [0.4, 0.5) is 0 Å².